The predicted octanol–water partition coefficient (Wildman–Crippen LogP) is 17.7. The van der Waals surface area contributed by atoms with E-state index in [1.165, 1.54) is 72.3 Å². The van der Waals surface area contributed by atoms with Crippen LogP contribution in [0.15, 0.2) is 241 Å². The average Bonchev–Trinajstić information content (AvgIpc) is 3.86. The van der Waals surface area contributed by atoms with Gasteiger partial charge in [-0.25, -0.2) is 0 Å². The van der Waals surface area contributed by atoms with Crippen LogP contribution in [0.5, 0.6) is 0 Å². The molecule has 0 N–H and O–H groups in total. The monoisotopic (exact) mass is 831 g/mol. The number of hydrogen-bond donors (Lipinski definition) is 0. The van der Waals surface area contributed by atoms with Gasteiger partial charge in [0, 0.05) is 38.8 Å². The summed E-state index contributed by atoms with van der Waals surface area (Å²) in [4.78, 5) is 2.40. The summed E-state index contributed by atoms with van der Waals surface area (Å²) in [6.07, 6.45) is 0. The van der Waals surface area contributed by atoms with Crippen molar-refractivity contribution in [3.63, 3.8) is 0 Å². The van der Waals surface area contributed by atoms with E-state index in [1.807, 2.05) is 6.07 Å². The summed E-state index contributed by atoms with van der Waals surface area (Å²) < 4.78 is 6.50. The molecule has 2 heteroatoms. The summed E-state index contributed by atoms with van der Waals surface area (Å²) in [5.74, 6) is 0. The molecule has 308 valence electrons. The third kappa shape index (κ3) is 6.74. The molecule has 1 aromatic heterocycles. The zero-order valence-corrected chi connectivity index (χ0v) is 36.4. The maximum atomic E-state index is 6.50. The lowest BCUT2D eigenvalue weighted by molar-refractivity contribution is 0.660. The quantitative estimate of drug-likeness (QED) is 0.152. The predicted molar refractivity (Wildman–Crippen MR) is 273 cm³/mol. The molecule has 0 aliphatic heterocycles. The van der Waals surface area contributed by atoms with Gasteiger partial charge in [-0.1, -0.05) is 190 Å². The van der Waals surface area contributed by atoms with Gasteiger partial charge < -0.3 is 9.32 Å². The number of nitrogens with zero attached hydrogens (tertiary/aromatic N) is 1. The number of benzene rings is 10. The highest BCUT2D eigenvalue weighted by molar-refractivity contribution is 6.09. The summed E-state index contributed by atoms with van der Waals surface area (Å²) >= 11 is 0. The van der Waals surface area contributed by atoms with E-state index in [0.29, 0.717) is 0 Å². The number of para-hydroxylation sites is 2. The topological polar surface area (TPSA) is 16.4 Å². The van der Waals surface area contributed by atoms with E-state index in [4.69, 9.17) is 4.42 Å². The first-order valence-electron chi connectivity index (χ1n) is 22.5. The van der Waals surface area contributed by atoms with Gasteiger partial charge in [-0.3, -0.25) is 0 Å². The maximum absolute atomic E-state index is 6.50. The number of furan rings is 1. The van der Waals surface area contributed by atoms with Crippen LogP contribution in [0.3, 0.4) is 0 Å². The van der Waals surface area contributed by atoms with Crippen molar-refractivity contribution in [2.75, 3.05) is 4.90 Å². The molecular weight excluding hydrogens is 787 g/mol. The largest absolute Gasteiger partial charge is 0.455 e. The molecule has 0 radical (unpaired) electrons. The van der Waals surface area contributed by atoms with Gasteiger partial charge in [-0.2, -0.15) is 0 Å². The molecule has 1 aliphatic carbocycles. The first-order chi connectivity index (χ1) is 32.0. The molecular formula is C63H45NO. The van der Waals surface area contributed by atoms with E-state index in [9.17, 15) is 0 Å². The van der Waals surface area contributed by atoms with E-state index in [2.05, 4.69) is 249 Å². The Hall–Kier alpha value is -8.20. The number of fused-ring (bicyclic) bond motifs is 6. The van der Waals surface area contributed by atoms with E-state index < -0.39 is 0 Å². The minimum atomic E-state index is -0.245. The van der Waals surface area contributed by atoms with E-state index >= 15 is 0 Å². The van der Waals surface area contributed by atoms with Crippen molar-refractivity contribution in [2.45, 2.75) is 19.3 Å². The second-order valence-corrected chi connectivity index (χ2v) is 17.7. The Bertz CT molecular complexity index is 3420. The molecule has 0 atom stereocenters. The second-order valence-electron chi connectivity index (χ2n) is 17.7. The average molecular weight is 832 g/mol. The van der Waals surface area contributed by atoms with Gasteiger partial charge in [0.15, 0.2) is 0 Å². The Morgan fingerprint density at radius 3 is 1.32 bits per heavy atom. The molecule has 1 heterocycles. The van der Waals surface area contributed by atoms with Crippen LogP contribution in [0.25, 0.3) is 88.7 Å². The first-order valence-corrected chi connectivity index (χ1v) is 22.5. The van der Waals surface area contributed by atoms with E-state index in [-0.39, 0.29) is 5.41 Å². The van der Waals surface area contributed by atoms with Gasteiger partial charge in [-0.15, -0.1) is 0 Å². The molecule has 11 aromatic rings. The standard InChI is InChI=1S/C63H45NO/c1-63(2)59-40-50(54-23-13-24-58-57-22-9-10-25-61(57)65-62(54)58)30-36-55(59)56-37-35-53(41-60(56)63)64(51-31-26-44(27-32-51)48-20-11-18-46(38-48)42-14-5-3-6-15-42)52-33-28-45(29-34-52)49-21-12-19-47(39-49)43-16-7-4-8-17-43/h3-41H,1-2H3. The minimum Gasteiger partial charge on any atom is -0.455 e. The molecule has 10 aromatic carbocycles. The fourth-order valence-corrected chi connectivity index (χ4v) is 10.1. The Morgan fingerprint density at radius 1 is 0.308 bits per heavy atom. The molecule has 0 saturated carbocycles. The molecule has 0 fully saturated rings. The van der Waals surface area contributed by atoms with Crippen molar-refractivity contribution < 1.29 is 4.42 Å². The normalized spacial score (nSPS) is 12.6. The van der Waals surface area contributed by atoms with Gasteiger partial charge in [0.25, 0.3) is 0 Å². The minimum absolute atomic E-state index is 0.245. The van der Waals surface area contributed by atoms with Crippen LogP contribution in [0.2, 0.25) is 0 Å². The summed E-state index contributed by atoms with van der Waals surface area (Å²) in [5, 5.41) is 2.29. The summed E-state index contributed by atoms with van der Waals surface area (Å²) in [7, 11) is 0. The van der Waals surface area contributed by atoms with Crippen molar-refractivity contribution >= 4 is 39.0 Å². The van der Waals surface area contributed by atoms with Gasteiger partial charge in [0.1, 0.15) is 11.2 Å². The highest BCUT2D eigenvalue weighted by Gasteiger charge is 2.36. The Morgan fingerprint density at radius 2 is 0.738 bits per heavy atom. The van der Waals surface area contributed by atoms with Gasteiger partial charge >= 0.3 is 0 Å². The van der Waals surface area contributed by atoms with Gasteiger partial charge in [0.05, 0.1) is 0 Å². The Kier molecular flexibility index (Phi) is 9.21. The molecule has 0 bridgehead atoms. The Balaban J connectivity index is 0.930. The van der Waals surface area contributed by atoms with Crippen molar-refractivity contribution in [1.29, 1.82) is 0 Å². The Labute approximate surface area is 380 Å². The van der Waals surface area contributed by atoms with E-state index in [1.54, 1.807) is 0 Å². The summed E-state index contributed by atoms with van der Waals surface area (Å²) in [5.41, 5.74) is 22.0. The van der Waals surface area contributed by atoms with Crippen molar-refractivity contribution in [2.24, 2.45) is 0 Å². The molecule has 0 unspecified atom stereocenters. The molecule has 0 spiro atoms. The lowest BCUT2D eigenvalue weighted by Gasteiger charge is -2.28. The summed E-state index contributed by atoms with van der Waals surface area (Å²) in [6, 6.07) is 85.8. The van der Waals surface area contributed by atoms with Crippen LogP contribution in [0, 0.1) is 0 Å². The molecule has 12 rings (SSSR count). The molecule has 1 aliphatic rings. The third-order valence-electron chi connectivity index (χ3n) is 13.5. The van der Waals surface area contributed by atoms with Crippen LogP contribution < -0.4 is 4.90 Å². The fraction of sp³-hybridized carbons (Fsp3) is 0.0476. The summed E-state index contributed by atoms with van der Waals surface area (Å²) in [6.45, 7) is 4.74. The molecule has 2 nitrogen and oxygen atoms in total. The first kappa shape index (κ1) is 38.5. The highest BCUT2D eigenvalue weighted by Crippen LogP contribution is 2.52. The van der Waals surface area contributed by atoms with Crippen LogP contribution in [0.4, 0.5) is 17.1 Å². The second kappa shape index (κ2) is 15.6. The number of anilines is 3. The van der Waals surface area contributed by atoms with Crippen molar-refractivity contribution in [1.82, 2.24) is 0 Å². The maximum Gasteiger partial charge on any atom is 0.143 e. The van der Waals surface area contributed by atoms with Crippen LogP contribution >= 0.6 is 0 Å². The van der Waals surface area contributed by atoms with Gasteiger partial charge in [0.2, 0.25) is 0 Å². The smallest absolute Gasteiger partial charge is 0.143 e. The SMILES string of the molecule is CC1(C)c2cc(-c3cccc4c3oc3ccccc34)ccc2-c2ccc(N(c3ccc(-c4cccc(-c5ccccc5)c4)cc3)c3ccc(-c4cccc(-c5ccccc5)c4)cc3)cc21. The zero-order chi connectivity index (χ0) is 43.5. The lowest BCUT2D eigenvalue weighted by Crippen LogP contribution is -2.16. The van der Waals surface area contributed by atoms with Gasteiger partial charge in [-0.05, 0) is 133 Å². The molecule has 0 saturated heterocycles. The van der Waals surface area contributed by atoms with E-state index in [0.717, 1.165) is 44.6 Å². The lowest BCUT2D eigenvalue weighted by atomic mass is 9.81. The van der Waals surface area contributed by atoms with Crippen LogP contribution in [0.1, 0.15) is 25.0 Å². The zero-order valence-electron chi connectivity index (χ0n) is 36.4. The molecule has 65 heavy (non-hydrogen) atoms. The van der Waals surface area contributed by atoms with Crippen LogP contribution in [-0.2, 0) is 5.41 Å². The highest BCUT2D eigenvalue weighted by atomic mass is 16.3. The van der Waals surface area contributed by atoms with Crippen molar-refractivity contribution in [3.8, 4) is 66.8 Å². The third-order valence-corrected chi connectivity index (χ3v) is 13.5. The number of hydrogen-bond acceptors (Lipinski definition) is 2. The van der Waals surface area contributed by atoms with Crippen LogP contribution in [-0.4, -0.2) is 0 Å². The fourth-order valence-electron chi connectivity index (χ4n) is 10.1. The molecule has 0 amide bonds. The number of rotatable bonds is 8. The van der Waals surface area contributed by atoms with Crippen molar-refractivity contribution in [3.05, 3.63) is 248 Å².